The van der Waals surface area contributed by atoms with Crippen molar-refractivity contribution in [3.8, 4) is 12.3 Å². The van der Waals surface area contributed by atoms with E-state index in [9.17, 15) is 0 Å². The summed E-state index contributed by atoms with van der Waals surface area (Å²) < 4.78 is 0. The first-order chi connectivity index (χ1) is 6.74. The van der Waals surface area contributed by atoms with Crippen molar-refractivity contribution in [1.82, 2.24) is 0 Å². The van der Waals surface area contributed by atoms with Crippen LogP contribution in [0.2, 0.25) is 0 Å². The van der Waals surface area contributed by atoms with E-state index in [4.69, 9.17) is 6.42 Å². The molecule has 0 atom stereocenters. The van der Waals surface area contributed by atoms with E-state index in [-0.39, 0.29) is 0 Å². The highest BCUT2D eigenvalue weighted by Gasteiger charge is 1.89. The van der Waals surface area contributed by atoms with Crippen LogP contribution in [0, 0.1) is 12.3 Å². The predicted molar refractivity (Wildman–Crippen MR) is 62.7 cm³/mol. The third-order valence-corrected chi connectivity index (χ3v) is 1.94. The Kier molecular flexibility index (Phi) is 3.76. The van der Waals surface area contributed by atoms with Crippen LogP contribution in [0.25, 0.3) is 6.08 Å². The lowest BCUT2D eigenvalue weighted by molar-refractivity contribution is 1.36. The lowest BCUT2D eigenvalue weighted by Crippen LogP contribution is -1.76. The molecule has 0 saturated carbocycles. The number of benzene rings is 1. The maximum Gasteiger partial charge on any atom is 0.0229 e. The van der Waals surface area contributed by atoms with Gasteiger partial charge < -0.3 is 0 Å². The molecule has 0 unspecified atom stereocenters. The molecular weight excluding hydrogens is 168 g/mol. The van der Waals surface area contributed by atoms with Crippen LogP contribution in [0.5, 0.6) is 0 Å². The van der Waals surface area contributed by atoms with Crippen LogP contribution < -0.4 is 0 Å². The second kappa shape index (κ2) is 5.09. The molecule has 1 aromatic rings. The Morgan fingerprint density at radius 3 is 2.36 bits per heavy atom. The van der Waals surface area contributed by atoms with Crippen molar-refractivity contribution in [1.29, 1.82) is 0 Å². The number of terminal acetylenes is 1. The van der Waals surface area contributed by atoms with Crippen LogP contribution in [0.15, 0.2) is 47.6 Å². The van der Waals surface area contributed by atoms with Gasteiger partial charge in [-0.15, -0.1) is 6.42 Å². The van der Waals surface area contributed by atoms with Gasteiger partial charge in [-0.2, -0.15) is 0 Å². The van der Waals surface area contributed by atoms with E-state index in [2.05, 4.69) is 18.1 Å². The molecule has 0 aliphatic heterocycles. The SMILES string of the molecule is C#CC(/C=C/c1ccccc1)=C(C)C. The molecule has 1 aromatic carbocycles. The minimum absolute atomic E-state index is 0.953. The van der Waals surface area contributed by atoms with Crippen LogP contribution in [0.4, 0.5) is 0 Å². The molecular formula is C14H14. The van der Waals surface area contributed by atoms with Crippen LogP contribution in [0.3, 0.4) is 0 Å². The van der Waals surface area contributed by atoms with Gasteiger partial charge in [-0.1, -0.05) is 47.9 Å². The van der Waals surface area contributed by atoms with E-state index in [1.807, 2.05) is 44.2 Å². The fourth-order valence-electron chi connectivity index (χ4n) is 1.10. The number of rotatable bonds is 2. The molecule has 0 heterocycles. The molecule has 70 valence electrons. The summed E-state index contributed by atoms with van der Waals surface area (Å²) in [5, 5.41) is 0. The first kappa shape index (κ1) is 10.3. The molecule has 0 fully saturated rings. The zero-order chi connectivity index (χ0) is 10.4. The summed E-state index contributed by atoms with van der Waals surface area (Å²) in [5.41, 5.74) is 3.29. The maximum absolute atomic E-state index is 5.38. The van der Waals surface area contributed by atoms with Gasteiger partial charge in [-0.3, -0.25) is 0 Å². The van der Waals surface area contributed by atoms with E-state index in [0.717, 1.165) is 5.57 Å². The molecule has 0 nitrogen and oxygen atoms in total. The summed E-state index contributed by atoms with van der Waals surface area (Å²) in [7, 11) is 0. The summed E-state index contributed by atoms with van der Waals surface area (Å²) >= 11 is 0. The molecule has 0 spiro atoms. The molecule has 0 aliphatic rings. The number of hydrogen-bond donors (Lipinski definition) is 0. The van der Waals surface area contributed by atoms with Crippen molar-refractivity contribution in [2.75, 3.05) is 0 Å². The van der Waals surface area contributed by atoms with Crippen molar-refractivity contribution < 1.29 is 0 Å². The summed E-state index contributed by atoms with van der Waals surface area (Å²) in [4.78, 5) is 0. The van der Waals surface area contributed by atoms with Crippen LogP contribution in [-0.2, 0) is 0 Å². The average Bonchev–Trinajstić information content (AvgIpc) is 2.20. The number of hydrogen-bond acceptors (Lipinski definition) is 0. The Labute approximate surface area is 86.0 Å². The van der Waals surface area contributed by atoms with Gasteiger partial charge in [0, 0.05) is 5.57 Å². The Balaban J connectivity index is 2.85. The molecule has 1 rings (SSSR count). The fraction of sp³-hybridized carbons (Fsp3) is 0.143. The van der Waals surface area contributed by atoms with E-state index < -0.39 is 0 Å². The Bertz CT molecular complexity index is 382. The second-order valence-corrected chi connectivity index (χ2v) is 3.30. The third-order valence-electron chi connectivity index (χ3n) is 1.94. The van der Waals surface area contributed by atoms with Gasteiger partial charge in [0.2, 0.25) is 0 Å². The standard InChI is InChI=1S/C14H14/c1-4-14(12(2)3)11-10-13-8-6-5-7-9-13/h1,5-11H,2-3H3/b11-10+. The van der Waals surface area contributed by atoms with Crippen LogP contribution >= 0.6 is 0 Å². The highest BCUT2D eigenvalue weighted by molar-refractivity contribution is 5.56. The molecule has 0 amide bonds. The monoisotopic (exact) mass is 182 g/mol. The fourth-order valence-corrected chi connectivity index (χ4v) is 1.10. The van der Waals surface area contributed by atoms with Gasteiger partial charge >= 0.3 is 0 Å². The maximum atomic E-state index is 5.38. The van der Waals surface area contributed by atoms with E-state index in [1.54, 1.807) is 0 Å². The summed E-state index contributed by atoms with van der Waals surface area (Å²) in [6, 6.07) is 10.1. The molecule has 0 radical (unpaired) electrons. The van der Waals surface area contributed by atoms with Crippen molar-refractivity contribution in [3.05, 3.63) is 53.1 Å². The molecule has 0 heteroatoms. The van der Waals surface area contributed by atoms with Gasteiger partial charge in [0.1, 0.15) is 0 Å². The van der Waals surface area contributed by atoms with E-state index in [1.165, 1.54) is 11.1 Å². The molecule has 0 aromatic heterocycles. The van der Waals surface area contributed by atoms with Gasteiger partial charge in [0.05, 0.1) is 0 Å². The minimum atomic E-state index is 0.953. The second-order valence-electron chi connectivity index (χ2n) is 3.30. The largest absolute Gasteiger partial charge is 0.115 e. The molecule has 0 bridgehead atoms. The van der Waals surface area contributed by atoms with E-state index in [0.29, 0.717) is 0 Å². The number of allylic oxidation sites excluding steroid dienone is 3. The predicted octanol–water partition coefficient (Wildman–Crippen LogP) is 3.67. The molecule has 0 N–H and O–H groups in total. The third kappa shape index (κ3) is 2.95. The highest BCUT2D eigenvalue weighted by Crippen LogP contribution is 2.07. The van der Waals surface area contributed by atoms with Gasteiger partial charge in [0.15, 0.2) is 0 Å². The Hall–Kier alpha value is -1.74. The molecule has 0 saturated heterocycles. The summed E-state index contributed by atoms with van der Waals surface area (Å²) in [6.07, 6.45) is 9.39. The summed E-state index contributed by atoms with van der Waals surface area (Å²) in [6.45, 7) is 4.04. The first-order valence-corrected chi connectivity index (χ1v) is 4.61. The molecule has 0 aliphatic carbocycles. The first-order valence-electron chi connectivity index (χ1n) is 4.61. The lowest BCUT2D eigenvalue weighted by Gasteiger charge is -1.95. The van der Waals surface area contributed by atoms with Gasteiger partial charge in [0.25, 0.3) is 0 Å². The topological polar surface area (TPSA) is 0 Å². The zero-order valence-corrected chi connectivity index (χ0v) is 8.62. The van der Waals surface area contributed by atoms with Gasteiger partial charge in [-0.25, -0.2) is 0 Å². The van der Waals surface area contributed by atoms with Crippen molar-refractivity contribution in [2.45, 2.75) is 13.8 Å². The Morgan fingerprint density at radius 1 is 1.21 bits per heavy atom. The van der Waals surface area contributed by atoms with Gasteiger partial charge in [-0.05, 0) is 25.5 Å². The quantitative estimate of drug-likeness (QED) is 0.483. The van der Waals surface area contributed by atoms with Crippen LogP contribution in [0.1, 0.15) is 19.4 Å². The highest BCUT2D eigenvalue weighted by atomic mass is 13.9. The van der Waals surface area contributed by atoms with Crippen molar-refractivity contribution in [3.63, 3.8) is 0 Å². The average molecular weight is 182 g/mol. The van der Waals surface area contributed by atoms with Crippen molar-refractivity contribution >= 4 is 6.08 Å². The molecule has 14 heavy (non-hydrogen) atoms. The van der Waals surface area contributed by atoms with Crippen LogP contribution in [-0.4, -0.2) is 0 Å². The lowest BCUT2D eigenvalue weighted by atomic mass is 10.1. The van der Waals surface area contributed by atoms with E-state index >= 15 is 0 Å². The minimum Gasteiger partial charge on any atom is -0.115 e. The Morgan fingerprint density at radius 2 is 1.86 bits per heavy atom. The summed E-state index contributed by atoms with van der Waals surface area (Å²) in [5.74, 6) is 2.66. The smallest absolute Gasteiger partial charge is 0.0229 e. The van der Waals surface area contributed by atoms with Crippen molar-refractivity contribution in [2.24, 2.45) is 0 Å². The zero-order valence-electron chi connectivity index (χ0n) is 8.62. The normalized spacial score (nSPS) is 9.79.